The molecule has 8 heteroatoms. The number of amides is 1. The standard InChI is InChI=1S/C22H21ClN2O5/c1-3-29-20(26)14-30-21-18(23)10-16(11-19(21)28-2)9-17(12-24)22(27)25-13-15-7-5-4-6-8-15/h4-11H,3,13-14H2,1-2H3,(H,25,27)/b17-9-. The molecular formula is C22H21ClN2O5. The Morgan fingerprint density at radius 1 is 1.23 bits per heavy atom. The van der Waals surface area contributed by atoms with Crippen LogP contribution in [0.5, 0.6) is 11.5 Å². The number of hydrogen-bond donors (Lipinski definition) is 1. The van der Waals surface area contributed by atoms with Crippen molar-refractivity contribution in [2.24, 2.45) is 0 Å². The van der Waals surface area contributed by atoms with E-state index in [4.69, 9.17) is 25.8 Å². The van der Waals surface area contributed by atoms with Gasteiger partial charge in [-0.1, -0.05) is 41.9 Å². The van der Waals surface area contributed by atoms with Crippen LogP contribution in [0.1, 0.15) is 18.1 Å². The minimum absolute atomic E-state index is 0.0933. The maximum Gasteiger partial charge on any atom is 0.344 e. The number of rotatable bonds is 9. The molecule has 1 amide bonds. The molecule has 0 heterocycles. The zero-order valence-corrected chi connectivity index (χ0v) is 17.4. The summed E-state index contributed by atoms with van der Waals surface area (Å²) >= 11 is 6.25. The van der Waals surface area contributed by atoms with Crippen LogP contribution in [-0.2, 0) is 20.9 Å². The van der Waals surface area contributed by atoms with E-state index in [1.165, 1.54) is 19.3 Å². The van der Waals surface area contributed by atoms with E-state index >= 15 is 0 Å². The molecule has 2 rings (SSSR count). The molecule has 30 heavy (non-hydrogen) atoms. The lowest BCUT2D eigenvalue weighted by Crippen LogP contribution is -2.23. The first-order valence-corrected chi connectivity index (χ1v) is 9.46. The second-order valence-electron chi connectivity index (χ2n) is 5.97. The molecule has 2 aromatic rings. The number of carbonyl (C=O) groups is 2. The monoisotopic (exact) mass is 428 g/mol. The molecule has 0 radical (unpaired) electrons. The highest BCUT2D eigenvalue weighted by Crippen LogP contribution is 2.37. The number of nitrogens with one attached hydrogen (secondary N) is 1. The van der Waals surface area contributed by atoms with Gasteiger partial charge in [0, 0.05) is 6.54 Å². The van der Waals surface area contributed by atoms with Crippen molar-refractivity contribution in [3.63, 3.8) is 0 Å². The maximum atomic E-state index is 12.4. The Hall–Kier alpha value is -3.50. The Bertz CT molecular complexity index is 967. The lowest BCUT2D eigenvalue weighted by atomic mass is 10.1. The van der Waals surface area contributed by atoms with Gasteiger partial charge in [-0.05, 0) is 36.3 Å². The molecule has 7 nitrogen and oxygen atoms in total. The number of hydrogen-bond acceptors (Lipinski definition) is 6. The third-order valence-corrected chi connectivity index (χ3v) is 4.14. The van der Waals surface area contributed by atoms with Gasteiger partial charge < -0.3 is 19.5 Å². The van der Waals surface area contributed by atoms with Gasteiger partial charge >= 0.3 is 5.97 Å². The number of esters is 1. The molecule has 0 aromatic heterocycles. The predicted molar refractivity (Wildman–Crippen MR) is 112 cm³/mol. The molecule has 0 unspecified atom stereocenters. The van der Waals surface area contributed by atoms with Gasteiger partial charge in [0.15, 0.2) is 18.1 Å². The Morgan fingerprint density at radius 2 is 1.97 bits per heavy atom. The van der Waals surface area contributed by atoms with E-state index in [1.807, 2.05) is 36.4 Å². The van der Waals surface area contributed by atoms with E-state index < -0.39 is 11.9 Å². The summed E-state index contributed by atoms with van der Waals surface area (Å²) in [4.78, 5) is 23.9. The minimum Gasteiger partial charge on any atom is -0.493 e. The van der Waals surface area contributed by atoms with E-state index in [-0.39, 0.29) is 35.3 Å². The van der Waals surface area contributed by atoms with Gasteiger partial charge in [-0.2, -0.15) is 5.26 Å². The van der Waals surface area contributed by atoms with Gasteiger partial charge in [0.05, 0.1) is 18.7 Å². The Balaban J connectivity index is 2.17. The summed E-state index contributed by atoms with van der Waals surface area (Å²) in [6, 6.07) is 14.3. The first-order valence-electron chi connectivity index (χ1n) is 9.08. The van der Waals surface area contributed by atoms with E-state index in [9.17, 15) is 14.9 Å². The first-order chi connectivity index (χ1) is 14.5. The topological polar surface area (TPSA) is 97.7 Å². The van der Waals surface area contributed by atoms with Crippen LogP contribution in [0.25, 0.3) is 6.08 Å². The van der Waals surface area contributed by atoms with Gasteiger partial charge in [-0.25, -0.2) is 4.79 Å². The Kier molecular flexibility index (Phi) is 8.73. The van der Waals surface area contributed by atoms with Crippen molar-refractivity contribution in [3.8, 4) is 17.6 Å². The number of ether oxygens (including phenoxy) is 3. The van der Waals surface area contributed by atoms with Gasteiger partial charge in [0.2, 0.25) is 0 Å². The molecular weight excluding hydrogens is 408 g/mol. The second kappa shape index (κ2) is 11.5. The molecule has 0 aliphatic carbocycles. The largest absolute Gasteiger partial charge is 0.493 e. The molecule has 0 bridgehead atoms. The van der Waals surface area contributed by atoms with Crippen LogP contribution in [0, 0.1) is 11.3 Å². The van der Waals surface area contributed by atoms with Crippen LogP contribution in [0.4, 0.5) is 0 Å². The molecule has 0 saturated carbocycles. The van der Waals surface area contributed by atoms with Crippen molar-refractivity contribution in [2.75, 3.05) is 20.3 Å². The molecule has 0 spiro atoms. The highest BCUT2D eigenvalue weighted by atomic mass is 35.5. The van der Waals surface area contributed by atoms with Gasteiger partial charge in [-0.3, -0.25) is 4.79 Å². The number of methoxy groups -OCH3 is 1. The molecule has 156 valence electrons. The molecule has 2 aromatic carbocycles. The minimum atomic E-state index is -0.540. The number of benzene rings is 2. The number of halogens is 1. The lowest BCUT2D eigenvalue weighted by Gasteiger charge is -2.13. The smallest absolute Gasteiger partial charge is 0.344 e. The van der Waals surface area contributed by atoms with Crippen LogP contribution in [0.3, 0.4) is 0 Å². The van der Waals surface area contributed by atoms with Crippen molar-refractivity contribution in [1.29, 1.82) is 5.26 Å². The number of nitriles is 1. The van der Waals surface area contributed by atoms with E-state index in [2.05, 4.69) is 5.32 Å². The van der Waals surface area contributed by atoms with Crippen LogP contribution >= 0.6 is 11.6 Å². The summed E-state index contributed by atoms with van der Waals surface area (Å²) in [7, 11) is 1.41. The zero-order chi connectivity index (χ0) is 21.9. The van der Waals surface area contributed by atoms with Gasteiger partial charge in [0.25, 0.3) is 5.91 Å². The highest BCUT2D eigenvalue weighted by Gasteiger charge is 2.15. The van der Waals surface area contributed by atoms with Crippen molar-refractivity contribution in [1.82, 2.24) is 5.32 Å². The Labute approximate surface area is 179 Å². The van der Waals surface area contributed by atoms with Crippen molar-refractivity contribution >= 4 is 29.6 Å². The van der Waals surface area contributed by atoms with Crippen molar-refractivity contribution < 1.29 is 23.8 Å². The summed E-state index contributed by atoms with van der Waals surface area (Å²) in [5.74, 6) is -0.642. The summed E-state index contributed by atoms with van der Waals surface area (Å²) in [6.45, 7) is 1.89. The molecule has 0 atom stereocenters. The van der Waals surface area contributed by atoms with Crippen LogP contribution in [0.15, 0.2) is 48.0 Å². The molecule has 0 aliphatic rings. The average Bonchev–Trinajstić information content (AvgIpc) is 2.75. The molecule has 0 aliphatic heterocycles. The van der Waals surface area contributed by atoms with Gasteiger partial charge in [0.1, 0.15) is 11.6 Å². The van der Waals surface area contributed by atoms with Crippen molar-refractivity contribution in [3.05, 3.63) is 64.2 Å². The SMILES string of the molecule is CCOC(=O)COc1c(Cl)cc(/C=C(/C#N)C(=O)NCc2ccccc2)cc1OC. The summed E-state index contributed by atoms with van der Waals surface area (Å²) < 4.78 is 15.5. The number of carbonyl (C=O) groups excluding carboxylic acids is 2. The lowest BCUT2D eigenvalue weighted by molar-refractivity contribution is -0.145. The fraction of sp³-hybridized carbons (Fsp3) is 0.227. The van der Waals surface area contributed by atoms with Crippen LogP contribution < -0.4 is 14.8 Å². The summed E-state index contributed by atoms with van der Waals surface area (Å²) in [6.07, 6.45) is 1.39. The fourth-order valence-electron chi connectivity index (χ4n) is 2.49. The molecule has 1 N–H and O–H groups in total. The second-order valence-corrected chi connectivity index (χ2v) is 6.37. The normalized spacial score (nSPS) is 10.7. The molecule has 0 fully saturated rings. The summed E-state index contributed by atoms with van der Waals surface area (Å²) in [5.41, 5.74) is 1.28. The Morgan fingerprint density at radius 3 is 2.60 bits per heavy atom. The zero-order valence-electron chi connectivity index (χ0n) is 16.6. The van der Waals surface area contributed by atoms with Gasteiger partial charge in [-0.15, -0.1) is 0 Å². The summed E-state index contributed by atoms with van der Waals surface area (Å²) in [5, 5.41) is 12.2. The third kappa shape index (κ3) is 6.54. The predicted octanol–water partition coefficient (Wildman–Crippen LogP) is 3.51. The van der Waals surface area contributed by atoms with E-state index in [0.717, 1.165) is 5.56 Å². The van der Waals surface area contributed by atoms with Crippen molar-refractivity contribution in [2.45, 2.75) is 13.5 Å². The van der Waals surface area contributed by atoms with E-state index in [0.29, 0.717) is 12.1 Å². The number of nitrogens with zero attached hydrogens (tertiary/aromatic N) is 1. The first kappa shape index (κ1) is 22.8. The van der Waals surface area contributed by atoms with Crippen LogP contribution in [0.2, 0.25) is 5.02 Å². The van der Waals surface area contributed by atoms with E-state index in [1.54, 1.807) is 13.0 Å². The van der Waals surface area contributed by atoms with Crippen LogP contribution in [-0.4, -0.2) is 32.2 Å². The quantitative estimate of drug-likeness (QED) is 0.373. The highest BCUT2D eigenvalue weighted by molar-refractivity contribution is 6.32. The average molecular weight is 429 g/mol. The third-order valence-electron chi connectivity index (χ3n) is 3.86. The maximum absolute atomic E-state index is 12.4. The fourth-order valence-corrected chi connectivity index (χ4v) is 2.76. The molecule has 0 saturated heterocycles.